The van der Waals surface area contributed by atoms with Crippen molar-refractivity contribution in [3.05, 3.63) is 36.3 Å². The van der Waals surface area contributed by atoms with Gasteiger partial charge in [-0.2, -0.15) is 5.10 Å². The van der Waals surface area contributed by atoms with Crippen LogP contribution in [0.5, 0.6) is 0 Å². The second-order valence-electron chi connectivity index (χ2n) is 5.45. The fourth-order valence-electron chi connectivity index (χ4n) is 2.77. The zero-order chi connectivity index (χ0) is 14.9. The summed E-state index contributed by atoms with van der Waals surface area (Å²) in [4.78, 5) is 11.0. The van der Waals surface area contributed by atoms with Gasteiger partial charge in [0.15, 0.2) is 0 Å². The van der Waals surface area contributed by atoms with Crippen molar-refractivity contribution >= 4 is 16.7 Å². The van der Waals surface area contributed by atoms with Crippen LogP contribution >= 0.6 is 0 Å². The van der Waals surface area contributed by atoms with Crippen LogP contribution in [0.25, 0.3) is 22.2 Å². The van der Waals surface area contributed by atoms with Crippen molar-refractivity contribution in [1.29, 1.82) is 0 Å². The van der Waals surface area contributed by atoms with Gasteiger partial charge in [-0.3, -0.25) is 10.1 Å². The van der Waals surface area contributed by atoms with Crippen LogP contribution in [-0.4, -0.2) is 46.5 Å². The molecule has 3 aromatic rings. The number of pyridine rings is 2. The van der Waals surface area contributed by atoms with Crippen molar-refractivity contribution in [3.63, 3.8) is 0 Å². The SMILES string of the molecule is Cc1cc2c(-c3ccnc(N4CCOCC4)c3)n[nH]c2cn1. The molecular formula is C16H17N5O. The summed E-state index contributed by atoms with van der Waals surface area (Å²) in [5.74, 6) is 0.975. The van der Waals surface area contributed by atoms with Gasteiger partial charge >= 0.3 is 0 Å². The molecular weight excluding hydrogens is 278 g/mol. The van der Waals surface area contributed by atoms with E-state index in [0.717, 1.165) is 60.0 Å². The van der Waals surface area contributed by atoms with E-state index in [2.05, 4.69) is 37.2 Å². The van der Waals surface area contributed by atoms with Crippen molar-refractivity contribution in [2.24, 2.45) is 0 Å². The number of nitrogens with one attached hydrogen (secondary N) is 1. The predicted octanol–water partition coefficient (Wildman–Crippen LogP) is 2.16. The summed E-state index contributed by atoms with van der Waals surface area (Å²) in [6.07, 6.45) is 3.67. The summed E-state index contributed by atoms with van der Waals surface area (Å²) in [6, 6.07) is 6.15. The number of aromatic amines is 1. The highest BCUT2D eigenvalue weighted by molar-refractivity contribution is 5.92. The Morgan fingerprint density at radius 2 is 2.05 bits per heavy atom. The Kier molecular flexibility index (Phi) is 3.23. The molecule has 0 amide bonds. The lowest BCUT2D eigenvalue weighted by Gasteiger charge is -2.27. The Bertz CT molecular complexity index is 807. The van der Waals surface area contributed by atoms with Crippen molar-refractivity contribution in [2.45, 2.75) is 6.92 Å². The second kappa shape index (κ2) is 5.38. The zero-order valence-corrected chi connectivity index (χ0v) is 12.4. The standard InChI is InChI=1S/C16H17N5O/c1-11-8-13-14(10-18-11)19-20-16(13)12-2-3-17-15(9-12)21-4-6-22-7-5-21/h2-3,8-10H,4-7H2,1H3,(H,19,20). The molecule has 0 aliphatic carbocycles. The first-order chi connectivity index (χ1) is 10.8. The number of fused-ring (bicyclic) bond motifs is 1. The number of morpholine rings is 1. The molecule has 0 atom stereocenters. The summed E-state index contributed by atoms with van der Waals surface area (Å²) < 4.78 is 5.40. The van der Waals surface area contributed by atoms with Crippen molar-refractivity contribution < 1.29 is 4.74 Å². The third kappa shape index (κ3) is 2.31. The van der Waals surface area contributed by atoms with Gasteiger partial charge in [0.05, 0.1) is 24.9 Å². The molecule has 0 spiro atoms. The van der Waals surface area contributed by atoms with Gasteiger partial charge in [-0.1, -0.05) is 0 Å². The molecule has 22 heavy (non-hydrogen) atoms. The molecule has 4 heterocycles. The molecule has 112 valence electrons. The molecule has 0 radical (unpaired) electrons. The number of anilines is 1. The van der Waals surface area contributed by atoms with E-state index in [-0.39, 0.29) is 0 Å². The zero-order valence-electron chi connectivity index (χ0n) is 12.4. The summed E-state index contributed by atoms with van der Waals surface area (Å²) >= 11 is 0. The number of hydrogen-bond acceptors (Lipinski definition) is 5. The van der Waals surface area contributed by atoms with Crippen LogP contribution in [0.2, 0.25) is 0 Å². The minimum Gasteiger partial charge on any atom is -0.378 e. The van der Waals surface area contributed by atoms with E-state index in [1.165, 1.54) is 0 Å². The minimum atomic E-state index is 0.752. The van der Waals surface area contributed by atoms with Crippen LogP contribution in [0.1, 0.15) is 5.69 Å². The van der Waals surface area contributed by atoms with Crippen LogP contribution in [0.15, 0.2) is 30.6 Å². The third-order valence-electron chi connectivity index (χ3n) is 3.94. The second-order valence-corrected chi connectivity index (χ2v) is 5.45. The predicted molar refractivity (Wildman–Crippen MR) is 84.9 cm³/mol. The lowest BCUT2D eigenvalue weighted by molar-refractivity contribution is 0.122. The quantitative estimate of drug-likeness (QED) is 0.785. The normalized spacial score (nSPS) is 15.4. The van der Waals surface area contributed by atoms with Gasteiger partial charge in [0.1, 0.15) is 11.5 Å². The van der Waals surface area contributed by atoms with E-state index in [4.69, 9.17) is 4.74 Å². The van der Waals surface area contributed by atoms with Gasteiger partial charge < -0.3 is 9.64 Å². The molecule has 0 bridgehead atoms. The largest absolute Gasteiger partial charge is 0.378 e. The van der Waals surface area contributed by atoms with Crippen LogP contribution in [0.4, 0.5) is 5.82 Å². The van der Waals surface area contributed by atoms with Gasteiger partial charge in [0.25, 0.3) is 0 Å². The molecule has 3 aromatic heterocycles. The molecule has 1 N–H and O–H groups in total. The summed E-state index contributed by atoms with van der Waals surface area (Å²) in [5, 5.41) is 8.59. The Morgan fingerprint density at radius 3 is 2.91 bits per heavy atom. The maximum Gasteiger partial charge on any atom is 0.129 e. The number of ether oxygens (including phenoxy) is 1. The Labute approximate surface area is 128 Å². The van der Waals surface area contributed by atoms with E-state index in [9.17, 15) is 0 Å². The maximum absolute atomic E-state index is 5.40. The minimum absolute atomic E-state index is 0.752. The molecule has 1 aliphatic heterocycles. The molecule has 0 saturated carbocycles. The topological polar surface area (TPSA) is 66.9 Å². The number of nitrogens with zero attached hydrogens (tertiary/aromatic N) is 4. The molecule has 1 saturated heterocycles. The lowest BCUT2D eigenvalue weighted by atomic mass is 10.1. The van der Waals surface area contributed by atoms with Crippen molar-refractivity contribution in [2.75, 3.05) is 31.2 Å². The van der Waals surface area contributed by atoms with Gasteiger partial charge in [0.2, 0.25) is 0 Å². The van der Waals surface area contributed by atoms with Crippen LogP contribution in [-0.2, 0) is 4.74 Å². The number of hydrogen-bond donors (Lipinski definition) is 1. The Hall–Kier alpha value is -2.47. The Morgan fingerprint density at radius 1 is 1.18 bits per heavy atom. The first kappa shape index (κ1) is 13.2. The molecule has 6 heteroatoms. The lowest BCUT2D eigenvalue weighted by Crippen LogP contribution is -2.36. The first-order valence-corrected chi connectivity index (χ1v) is 7.41. The number of aromatic nitrogens is 4. The first-order valence-electron chi connectivity index (χ1n) is 7.41. The molecule has 1 aliphatic rings. The Balaban J connectivity index is 1.76. The molecule has 1 fully saturated rings. The number of H-pyrrole nitrogens is 1. The number of aryl methyl sites for hydroxylation is 1. The highest BCUT2D eigenvalue weighted by atomic mass is 16.5. The maximum atomic E-state index is 5.40. The van der Waals surface area contributed by atoms with Crippen LogP contribution in [0, 0.1) is 6.92 Å². The van der Waals surface area contributed by atoms with Gasteiger partial charge in [-0.15, -0.1) is 0 Å². The summed E-state index contributed by atoms with van der Waals surface area (Å²) in [6.45, 7) is 5.24. The van der Waals surface area contributed by atoms with Gasteiger partial charge in [-0.05, 0) is 25.1 Å². The fourth-order valence-corrected chi connectivity index (χ4v) is 2.77. The summed E-state index contributed by atoms with van der Waals surface area (Å²) in [7, 11) is 0. The van der Waals surface area contributed by atoms with Crippen molar-refractivity contribution in [1.82, 2.24) is 20.2 Å². The van der Waals surface area contributed by atoms with E-state index in [1.54, 1.807) is 0 Å². The molecule has 4 rings (SSSR count). The van der Waals surface area contributed by atoms with E-state index in [0.29, 0.717) is 0 Å². The average Bonchev–Trinajstić information content (AvgIpc) is 2.99. The third-order valence-corrected chi connectivity index (χ3v) is 3.94. The highest BCUT2D eigenvalue weighted by Crippen LogP contribution is 2.28. The smallest absolute Gasteiger partial charge is 0.129 e. The van der Waals surface area contributed by atoms with E-state index in [1.807, 2.05) is 25.4 Å². The van der Waals surface area contributed by atoms with E-state index < -0.39 is 0 Å². The fraction of sp³-hybridized carbons (Fsp3) is 0.312. The van der Waals surface area contributed by atoms with Gasteiger partial charge in [0, 0.05) is 35.9 Å². The van der Waals surface area contributed by atoms with Crippen LogP contribution in [0.3, 0.4) is 0 Å². The average molecular weight is 295 g/mol. The van der Waals surface area contributed by atoms with Gasteiger partial charge in [-0.25, -0.2) is 4.98 Å². The molecule has 0 unspecified atom stereocenters. The molecule has 0 aromatic carbocycles. The van der Waals surface area contributed by atoms with Crippen molar-refractivity contribution in [3.8, 4) is 11.3 Å². The molecule has 6 nitrogen and oxygen atoms in total. The highest BCUT2D eigenvalue weighted by Gasteiger charge is 2.15. The number of rotatable bonds is 2. The van der Waals surface area contributed by atoms with Crippen LogP contribution < -0.4 is 4.90 Å². The monoisotopic (exact) mass is 295 g/mol. The van der Waals surface area contributed by atoms with E-state index >= 15 is 0 Å². The summed E-state index contributed by atoms with van der Waals surface area (Å²) in [5.41, 5.74) is 3.94.